The molecule has 1 aromatic heterocycles. The van der Waals surface area contributed by atoms with E-state index in [9.17, 15) is 4.79 Å². The first kappa shape index (κ1) is 10.0. The van der Waals surface area contributed by atoms with E-state index in [2.05, 4.69) is 32.3 Å². The van der Waals surface area contributed by atoms with Crippen molar-refractivity contribution in [3.63, 3.8) is 0 Å². The average Bonchev–Trinajstić information content (AvgIpc) is 2.03. The largest absolute Gasteiger partial charge is 0.348 e. The Kier molecular flexibility index (Phi) is 2.91. The van der Waals surface area contributed by atoms with Gasteiger partial charge in [0.25, 0.3) is 0 Å². The minimum Gasteiger partial charge on any atom is -0.348 e. The molecule has 2 heteroatoms. The number of aromatic nitrogens is 1. The van der Waals surface area contributed by atoms with Gasteiger partial charge >= 0.3 is 0 Å². The molecule has 0 saturated carbocycles. The third-order valence-electron chi connectivity index (χ3n) is 2.14. The van der Waals surface area contributed by atoms with E-state index in [0.717, 1.165) is 5.69 Å². The summed E-state index contributed by atoms with van der Waals surface area (Å²) in [6.45, 7) is 8.45. The van der Waals surface area contributed by atoms with Gasteiger partial charge in [-0.2, -0.15) is 0 Å². The summed E-state index contributed by atoms with van der Waals surface area (Å²) in [7, 11) is 0. The Morgan fingerprint density at radius 2 is 1.85 bits per heavy atom. The average molecular weight is 179 g/mol. The van der Waals surface area contributed by atoms with E-state index in [0.29, 0.717) is 12.0 Å². The third kappa shape index (κ3) is 2.20. The molecule has 2 nitrogen and oxygen atoms in total. The van der Waals surface area contributed by atoms with E-state index >= 15 is 0 Å². The molecule has 0 radical (unpaired) electrons. The summed E-state index contributed by atoms with van der Waals surface area (Å²) in [6, 6.07) is 3.76. The number of hydrogen-bond donors (Lipinski definition) is 0. The van der Waals surface area contributed by atoms with Crippen molar-refractivity contribution < 1.29 is 0 Å². The van der Waals surface area contributed by atoms with Gasteiger partial charge in [-0.15, -0.1) is 0 Å². The zero-order valence-electron chi connectivity index (χ0n) is 8.74. The predicted molar refractivity (Wildman–Crippen MR) is 55.2 cm³/mol. The van der Waals surface area contributed by atoms with Gasteiger partial charge in [0.1, 0.15) is 0 Å². The monoisotopic (exact) mass is 179 g/mol. The van der Waals surface area contributed by atoms with E-state index in [-0.39, 0.29) is 5.43 Å². The van der Waals surface area contributed by atoms with Gasteiger partial charge in [-0.05, 0) is 19.8 Å². The lowest BCUT2D eigenvalue weighted by atomic mass is 10.1. The Bertz CT molecular complexity index is 336. The maximum atomic E-state index is 11.2. The van der Waals surface area contributed by atoms with Gasteiger partial charge in [0.2, 0.25) is 0 Å². The minimum atomic E-state index is 0.0978. The van der Waals surface area contributed by atoms with E-state index in [1.54, 1.807) is 12.1 Å². The first-order valence-corrected chi connectivity index (χ1v) is 4.74. The number of pyridine rings is 1. The first-order valence-electron chi connectivity index (χ1n) is 4.74. The molecule has 0 unspecified atom stereocenters. The third-order valence-corrected chi connectivity index (χ3v) is 2.14. The Labute approximate surface area is 79.2 Å². The molecule has 1 heterocycles. The van der Waals surface area contributed by atoms with Crippen LogP contribution in [0.3, 0.4) is 0 Å². The highest BCUT2D eigenvalue weighted by Crippen LogP contribution is 2.16. The van der Waals surface area contributed by atoms with Gasteiger partial charge in [-0.25, -0.2) is 0 Å². The molecule has 0 aliphatic carbocycles. The minimum absolute atomic E-state index is 0.0978. The number of rotatable bonds is 2. The lowest BCUT2D eigenvalue weighted by Crippen LogP contribution is -2.14. The van der Waals surface area contributed by atoms with Crippen molar-refractivity contribution >= 4 is 0 Å². The molecule has 0 saturated heterocycles. The summed E-state index contributed by atoms with van der Waals surface area (Å²) in [5.74, 6) is 0.399. The summed E-state index contributed by atoms with van der Waals surface area (Å²) in [4.78, 5) is 11.2. The van der Waals surface area contributed by atoms with Gasteiger partial charge < -0.3 is 4.57 Å². The molecular weight excluding hydrogens is 162 g/mol. The lowest BCUT2D eigenvalue weighted by molar-refractivity contribution is 0.550. The highest BCUT2D eigenvalue weighted by atomic mass is 16.1. The van der Waals surface area contributed by atoms with Crippen molar-refractivity contribution in [1.29, 1.82) is 0 Å². The topological polar surface area (TPSA) is 22.0 Å². The fourth-order valence-corrected chi connectivity index (χ4v) is 1.44. The molecule has 0 bridgehead atoms. The molecule has 72 valence electrons. The van der Waals surface area contributed by atoms with E-state index in [4.69, 9.17) is 0 Å². The molecule has 0 amide bonds. The Hall–Kier alpha value is -1.05. The Balaban J connectivity index is 3.27. The summed E-state index contributed by atoms with van der Waals surface area (Å²) in [5.41, 5.74) is 1.21. The molecule has 1 rings (SSSR count). The molecule has 0 N–H and O–H groups in total. The zero-order chi connectivity index (χ0) is 10.0. The van der Waals surface area contributed by atoms with Gasteiger partial charge in [0.05, 0.1) is 0 Å². The van der Waals surface area contributed by atoms with Crippen molar-refractivity contribution in [2.45, 2.75) is 39.7 Å². The van der Waals surface area contributed by atoms with Gasteiger partial charge in [-0.1, -0.05) is 13.8 Å². The van der Waals surface area contributed by atoms with Crippen LogP contribution in [0, 0.1) is 0 Å². The Morgan fingerprint density at radius 3 is 2.31 bits per heavy atom. The molecule has 0 fully saturated rings. The van der Waals surface area contributed by atoms with Crippen LogP contribution in [0.5, 0.6) is 0 Å². The second-order valence-corrected chi connectivity index (χ2v) is 3.94. The van der Waals surface area contributed by atoms with E-state index in [1.807, 2.05) is 6.20 Å². The van der Waals surface area contributed by atoms with E-state index in [1.165, 1.54) is 0 Å². The summed E-state index contributed by atoms with van der Waals surface area (Å²) >= 11 is 0. The Morgan fingerprint density at radius 1 is 1.23 bits per heavy atom. The maximum absolute atomic E-state index is 11.2. The standard InChI is InChI=1S/C11H17NO/c1-8(2)11-7-10(13)5-6-12(11)9(3)4/h5-9H,1-4H3. The van der Waals surface area contributed by atoms with Crippen molar-refractivity contribution in [2.75, 3.05) is 0 Å². The maximum Gasteiger partial charge on any atom is 0.181 e. The molecular formula is C11H17NO. The number of nitrogens with zero attached hydrogens (tertiary/aromatic N) is 1. The van der Waals surface area contributed by atoms with Gasteiger partial charge in [0, 0.05) is 30.1 Å². The summed E-state index contributed by atoms with van der Waals surface area (Å²) in [5, 5.41) is 0. The normalized spacial score (nSPS) is 11.2. The molecule has 0 spiro atoms. The van der Waals surface area contributed by atoms with Crippen LogP contribution >= 0.6 is 0 Å². The SMILES string of the molecule is CC(C)c1cc(=O)ccn1C(C)C. The van der Waals surface area contributed by atoms with Crippen molar-refractivity contribution in [2.24, 2.45) is 0 Å². The van der Waals surface area contributed by atoms with Gasteiger partial charge in [0.15, 0.2) is 5.43 Å². The van der Waals surface area contributed by atoms with Crippen LogP contribution in [0.4, 0.5) is 0 Å². The molecule has 0 aromatic carbocycles. The van der Waals surface area contributed by atoms with Crippen LogP contribution in [-0.4, -0.2) is 4.57 Å². The lowest BCUT2D eigenvalue weighted by Gasteiger charge is -2.18. The van der Waals surface area contributed by atoms with Crippen LogP contribution in [0.1, 0.15) is 45.3 Å². The van der Waals surface area contributed by atoms with Crippen LogP contribution in [0.25, 0.3) is 0 Å². The van der Waals surface area contributed by atoms with E-state index < -0.39 is 0 Å². The second-order valence-electron chi connectivity index (χ2n) is 3.94. The van der Waals surface area contributed by atoms with Gasteiger partial charge in [-0.3, -0.25) is 4.79 Å². The molecule has 0 aliphatic heterocycles. The van der Waals surface area contributed by atoms with Crippen molar-refractivity contribution in [3.05, 3.63) is 34.2 Å². The van der Waals surface area contributed by atoms with Crippen LogP contribution in [0.2, 0.25) is 0 Å². The molecule has 0 atom stereocenters. The second kappa shape index (κ2) is 3.77. The number of hydrogen-bond acceptors (Lipinski definition) is 1. The quantitative estimate of drug-likeness (QED) is 0.684. The summed E-state index contributed by atoms with van der Waals surface area (Å²) in [6.07, 6.45) is 1.88. The molecule has 0 aliphatic rings. The molecule has 1 aromatic rings. The highest BCUT2D eigenvalue weighted by molar-refractivity contribution is 5.11. The molecule has 13 heavy (non-hydrogen) atoms. The van der Waals surface area contributed by atoms with Crippen LogP contribution in [-0.2, 0) is 0 Å². The van der Waals surface area contributed by atoms with Crippen LogP contribution < -0.4 is 5.43 Å². The fourth-order valence-electron chi connectivity index (χ4n) is 1.44. The fraction of sp³-hybridized carbons (Fsp3) is 0.545. The highest BCUT2D eigenvalue weighted by Gasteiger charge is 2.07. The predicted octanol–water partition coefficient (Wildman–Crippen LogP) is 2.55. The summed E-state index contributed by atoms with van der Waals surface area (Å²) < 4.78 is 2.14. The first-order chi connectivity index (χ1) is 6.02. The zero-order valence-corrected chi connectivity index (χ0v) is 8.74. The van der Waals surface area contributed by atoms with Crippen LogP contribution in [0.15, 0.2) is 23.1 Å². The van der Waals surface area contributed by atoms with Crippen molar-refractivity contribution in [3.8, 4) is 0 Å². The van der Waals surface area contributed by atoms with Crippen molar-refractivity contribution in [1.82, 2.24) is 4.57 Å². The smallest absolute Gasteiger partial charge is 0.181 e.